The number of aromatic nitrogens is 1. The molecule has 1 aliphatic rings. The average molecular weight is 311 g/mol. The second-order valence-corrected chi connectivity index (χ2v) is 5.88. The Morgan fingerprint density at radius 3 is 2.62 bits per heavy atom. The van der Waals surface area contributed by atoms with Crippen LogP contribution < -0.4 is 0 Å². The normalized spacial score (nSPS) is 16.0. The fourth-order valence-electron chi connectivity index (χ4n) is 2.69. The van der Waals surface area contributed by atoms with Crippen molar-refractivity contribution in [1.82, 2.24) is 9.88 Å². The molecule has 6 heteroatoms. The van der Waals surface area contributed by atoms with Gasteiger partial charge in [0.15, 0.2) is 0 Å². The maximum atomic E-state index is 12.4. The number of hydrogen-bond acceptors (Lipinski definition) is 3. The van der Waals surface area contributed by atoms with Crippen LogP contribution in [0.25, 0.3) is 0 Å². The lowest BCUT2D eigenvalue weighted by Crippen LogP contribution is -2.38. The van der Waals surface area contributed by atoms with Crippen LogP contribution in [0.1, 0.15) is 41.7 Å². The molecular formula is C15H19ClN2O3. The molecule has 114 valence electrons. The monoisotopic (exact) mass is 310 g/mol. The van der Waals surface area contributed by atoms with Gasteiger partial charge >= 0.3 is 5.97 Å². The fraction of sp³-hybridized carbons (Fsp3) is 0.533. The number of likely N-dealkylation sites (tertiary alicyclic amines) is 1. The van der Waals surface area contributed by atoms with E-state index in [2.05, 4.69) is 4.98 Å². The number of pyridine rings is 1. The number of carbonyl (C=O) groups excluding carboxylic acids is 1. The van der Waals surface area contributed by atoms with Gasteiger partial charge in [0, 0.05) is 30.8 Å². The van der Waals surface area contributed by atoms with Gasteiger partial charge in [0.2, 0.25) is 0 Å². The summed E-state index contributed by atoms with van der Waals surface area (Å²) in [4.78, 5) is 28.9. The van der Waals surface area contributed by atoms with Crippen molar-refractivity contribution in [2.75, 3.05) is 13.1 Å². The first-order valence-electron chi connectivity index (χ1n) is 7.11. The van der Waals surface area contributed by atoms with Gasteiger partial charge in [-0.25, -0.2) is 4.98 Å². The zero-order valence-electron chi connectivity index (χ0n) is 12.0. The molecular weight excluding hydrogens is 292 g/mol. The van der Waals surface area contributed by atoms with Crippen LogP contribution in [0.5, 0.6) is 0 Å². The predicted octanol–water partition coefficient (Wildman–Crippen LogP) is 2.76. The molecule has 0 aromatic carbocycles. The maximum absolute atomic E-state index is 12.4. The van der Waals surface area contributed by atoms with E-state index in [1.165, 1.54) is 0 Å². The molecule has 0 spiro atoms. The third-order valence-corrected chi connectivity index (χ3v) is 4.03. The van der Waals surface area contributed by atoms with Gasteiger partial charge in [-0.1, -0.05) is 11.6 Å². The maximum Gasteiger partial charge on any atom is 0.303 e. The van der Waals surface area contributed by atoms with Crippen LogP contribution in [-0.4, -0.2) is 40.0 Å². The van der Waals surface area contributed by atoms with Crippen LogP contribution in [0.4, 0.5) is 0 Å². The minimum Gasteiger partial charge on any atom is -0.481 e. The second kappa shape index (κ2) is 6.89. The first kappa shape index (κ1) is 15.8. The Morgan fingerprint density at radius 2 is 2.05 bits per heavy atom. The molecule has 1 aromatic rings. The summed E-state index contributed by atoms with van der Waals surface area (Å²) in [6.45, 7) is 3.14. The van der Waals surface area contributed by atoms with Gasteiger partial charge in [0.25, 0.3) is 5.91 Å². The summed E-state index contributed by atoms with van der Waals surface area (Å²) in [6, 6.07) is 3.33. The summed E-state index contributed by atoms with van der Waals surface area (Å²) in [5, 5.41) is 9.03. The Bertz CT molecular complexity index is 519. The molecule has 1 aromatic heterocycles. The summed E-state index contributed by atoms with van der Waals surface area (Å²) < 4.78 is 0. The summed E-state index contributed by atoms with van der Waals surface area (Å²) in [6.07, 6.45) is 2.61. The predicted molar refractivity (Wildman–Crippen MR) is 79.5 cm³/mol. The van der Waals surface area contributed by atoms with Crippen molar-refractivity contribution in [2.45, 2.75) is 32.6 Å². The molecule has 0 atom stereocenters. The van der Waals surface area contributed by atoms with E-state index in [9.17, 15) is 9.59 Å². The number of nitrogens with zero attached hydrogens (tertiary/aromatic N) is 2. The molecule has 21 heavy (non-hydrogen) atoms. The minimum atomic E-state index is -0.754. The zero-order valence-corrected chi connectivity index (χ0v) is 12.8. The summed E-state index contributed by atoms with van der Waals surface area (Å²) in [7, 11) is 0. The number of carboxylic acids is 1. The first-order valence-corrected chi connectivity index (χ1v) is 7.49. The van der Waals surface area contributed by atoms with E-state index in [0.717, 1.165) is 18.5 Å². The van der Waals surface area contributed by atoms with Crippen LogP contribution in [0.15, 0.2) is 12.1 Å². The van der Waals surface area contributed by atoms with Crippen LogP contribution in [-0.2, 0) is 4.79 Å². The smallest absolute Gasteiger partial charge is 0.303 e. The highest BCUT2D eigenvalue weighted by atomic mass is 35.5. The number of amides is 1. The van der Waals surface area contributed by atoms with Gasteiger partial charge in [-0.05, 0) is 44.2 Å². The molecule has 0 bridgehead atoms. The van der Waals surface area contributed by atoms with E-state index in [1.807, 2.05) is 4.90 Å². The van der Waals surface area contributed by atoms with Crippen LogP contribution in [0.2, 0.25) is 5.15 Å². The minimum absolute atomic E-state index is 0.0286. The van der Waals surface area contributed by atoms with Crippen LogP contribution >= 0.6 is 11.6 Å². The van der Waals surface area contributed by atoms with Crippen LogP contribution in [0.3, 0.4) is 0 Å². The lowest BCUT2D eigenvalue weighted by molar-refractivity contribution is -0.137. The largest absolute Gasteiger partial charge is 0.481 e. The number of carboxylic acid groups (broad SMARTS) is 1. The molecule has 1 N–H and O–H groups in total. The van der Waals surface area contributed by atoms with Gasteiger partial charge in [-0.15, -0.1) is 0 Å². The highest BCUT2D eigenvalue weighted by Crippen LogP contribution is 2.23. The van der Waals surface area contributed by atoms with E-state index in [-0.39, 0.29) is 12.3 Å². The lowest BCUT2D eigenvalue weighted by atomic mass is 9.92. The number of aryl methyl sites for hydroxylation is 1. The van der Waals surface area contributed by atoms with Crippen molar-refractivity contribution in [3.8, 4) is 0 Å². The molecule has 0 radical (unpaired) electrons. The topological polar surface area (TPSA) is 70.5 Å². The summed E-state index contributed by atoms with van der Waals surface area (Å²) in [5.74, 6) is -0.387. The molecule has 0 saturated carbocycles. The van der Waals surface area contributed by atoms with Crippen molar-refractivity contribution in [3.63, 3.8) is 0 Å². The summed E-state index contributed by atoms with van der Waals surface area (Å²) in [5.41, 5.74) is 1.29. The molecule has 1 saturated heterocycles. The molecule has 0 aliphatic carbocycles. The van der Waals surface area contributed by atoms with Crippen molar-refractivity contribution in [3.05, 3.63) is 28.5 Å². The fourth-order valence-corrected chi connectivity index (χ4v) is 2.94. The number of rotatable bonds is 4. The number of halogens is 1. The quantitative estimate of drug-likeness (QED) is 0.868. The van der Waals surface area contributed by atoms with E-state index in [1.54, 1.807) is 19.1 Å². The molecule has 2 rings (SSSR count). The molecule has 1 aliphatic heterocycles. The van der Waals surface area contributed by atoms with Crippen molar-refractivity contribution < 1.29 is 14.7 Å². The van der Waals surface area contributed by atoms with Gasteiger partial charge in [-0.3, -0.25) is 9.59 Å². The highest BCUT2D eigenvalue weighted by Gasteiger charge is 2.24. The third-order valence-electron chi connectivity index (χ3n) is 3.84. The third kappa shape index (κ3) is 4.43. The zero-order chi connectivity index (χ0) is 15.4. The Balaban J connectivity index is 1.92. The van der Waals surface area contributed by atoms with Gasteiger partial charge < -0.3 is 10.0 Å². The first-order chi connectivity index (χ1) is 9.95. The van der Waals surface area contributed by atoms with E-state index in [4.69, 9.17) is 16.7 Å². The van der Waals surface area contributed by atoms with Crippen molar-refractivity contribution >= 4 is 23.5 Å². The van der Waals surface area contributed by atoms with E-state index < -0.39 is 5.97 Å². The van der Waals surface area contributed by atoms with E-state index in [0.29, 0.717) is 36.1 Å². The standard InChI is InChI=1S/C15H19ClN2O3/c1-10-8-12(9-13(16)17-10)15(21)18-6-4-11(5-7-18)2-3-14(19)20/h8-9,11H,2-7H2,1H3,(H,19,20). The van der Waals surface area contributed by atoms with Gasteiger partial charge in [0.1, 0.15) is 5.15 Å². The Morgan fingerprint density at radius 1 is 1.38 bits per heavy atom. The molecule has 5 nitrogen and oxygen atoms in total. The molecule has 0 unspecified atom stereocenters. The van der Waals surface area contributed by atoms with Gasteiger partial charge in [0.05, 0.1) is 0 Å². The Labute approximate surface area is 128 Å². The number of piperidine rings is 1. The van der Waals surface area contributed by atoms with Crippen LogP contribution in [0, 0.1) is 12.8 Å². The number of hydrogen-bond donors (Lipinski definition) is 1. The molecule has 1 amide bonds. The Hall–Kier alpha value is -1.62. The molecule has 2 heterocycles. The van der Waals surface area contributed by atoms with E-state index >= 15 is 0 Å². The SMILES string of the molecule is Cc1cc(C(=O)N2CCC(CCC(=O)O)CC2)cc(Cl)n1. The second-order valence-electron chi connectivity index (χ2n) is 5.49. The number of aliphatic carboxylic acids is 1. The van der Waals surface area contributed by atoms with Gasteiger partial charge in [-0.2, -0.15) is 0 Å². The Kier molecular flexibility index (Phi) is 5.17. The summed E-state index contributed by atoms with van der Waals surface area (Å²) >= 11 is 5.89. The van der Waals surface area contributed by atoms with Crippen molar-refractivity contribution in [1.29, 1.82) is 0 Å². The average Bonchev–Trinajstić information content (AvgIpc) is 2.44. The van der Waals surface area contributed by atoms with Crippen molar-refractivity contribution in [2.24, 2.45) is 5.92 Å². The molecule has 1 fully saturated rings. The number of carbonyl (C=O) groups is 2. The lowest BCUT2D eigenvalue weighted by Gasteiger charge is -2.32. The highest BCUT2D eigenvalue weighted by molar-refractivity contribution is 6.29.